The third kappa shape index (κ3) is 4.80. The van der Waals surface area contributed by atoms with E-state index in [1.807, 2.05) is 10.8 Å². The molecule has 1 N–H and O–H groups in total. The highest BCUT2D eigenvalue weighted by molar-refractivity contribution is 7.91. The van der Waals surface area contributed by atoms with Gasteiger partial charge in [0.25, 0.3) is 0 Å². The number of thiophene rings is 1. The van der Waals surface area contributed by atoms with Crippen LogP contribution in [0.5, 0.6) is 11.5 Å². The number of hydrogen-bond acceptors (Lipinski definition) is 7. The molecule has 0 saturated carbocycles. The Morgan fingerprint density at radius 1 is 1.10 bits per heavy atom. The minimum absolute atomic E-state index is 0.0446. The Hall–Kier alpha value is -1.94. The molecular weight excluding hydrogens is 428 g/mol. The van der Waals surface area contributed by atoms with Crippen LogP contribution >= 0.6 is 22.7 Å². The summed E-state index contributed by atoms with van der Waals surface area (Å²) in [5.41, 5.74) is 2.46. The molecule has 0 bridgehead atoms. The Kier molecular flexibility index (Phi) is 6.33. The predicted molar refractivity (Wildman–Crippen MR) is 118 cm³/mol. The monoisotopic (exact) mass is 452 g/mol. The van der Waals surface area contributed by atoms with Gasteiger partial charge in [-0.3, -0.25) is 0 Å². The van der Waals surface area contributed by atoms with E-state index in [0.717, 1.165) is 16.3 Å². The van der Waals surface area contributed by atoms with E-state index in [2.05, 4.69) is 30.5 Å². The molecule has 6 nitrogen and oxygen atoms in total. The summed E-state index contributed by atoms with van der Waals surface area (Å²) in [5, 5.41) is 4.67. The number of nitrogens with one attached hydrogen (secondary N) is 1. The van der Waals surface area contributed by atoms with Gasteiger partial charge in [-0.15, -0.1) is 22.7 Å². The van der Waals surface area contributed by atoms with Crippen molar-refractivity contribution in [1.82, 2.24) is 9.71 Å². The minimum atomic E-state index is -3.66. The number of rotatable bonds is 7. The van der Waals surface area contributed by atoms with Crippen molar-refractivity contribution in [2.24, 2.45) is 0 Å². The van der Waals surface area contributed by atoms with Gasteiger partial charge in [0.05, 0.1) is 19.9 Å². The average Bonchev–Trinajstić information content (AvgIpc) is 3.35. The SMILES string of the molecule is COc1cccc(CNS(=O)(=O)c2cc(-c3nc(C(C)(C)C)cs3)cs2)c1OC. The lowest BCUT2D eigenvalue weighted by molar-refractivity contribution is 0.351. The van der Waals surface area contributed by atoms with Gasteiger partial charge in [-0.05, 0) is 12.1 Å². The standard InChI is InChI=1S/C20H24N2O4S3/c1-20(2,3)16-12-28-19(22-16)14-9-17(27-11-14)29(23,24)21-10-13-7-6-8-15(25-4)18(13)26-5/h6-9,11-12,21H,10H2,1-5H3. The maximum absolute atomic E-state index is 12.8. The molecule has 0 unspecified atom stereocenters. The molecule has 3 aromatic rings. The van der Waals surface area contributed by atoms with Crippen LogP contribution in [0.4, 0.5) is 0 Å². The molecule has 0 aliphatic rings. The van der Waals surface area contributed by atoms with Crippen LogP contribution in [0.15, 0.2) is 39.2 Å². The number of para-hydroxylation sites is 1. The van der Waals surface area contributed by atoms with Gasteiger partial charge in [0.1, 0.15) is 9.22 Å². The lowest BCUT2D eigenvalue weighted by Crippen LogP contribution is -2.22. The Bertz CT molecular complexity index is 1100. The third-order valence-corrected chi connectivity index (χ3v) is 8.03. The van der Waals surface area contributed by atoms with Gasteiger partial charge in [-0.25, -0.2) is 18.1 Å². The first-order valence-corrected chi connectivity index (χ1v) is 12.1. The molecule has 0 spiro atoms. The van der Waals surface area contributed by atoms with Crippen LogP contribution in [-0.2, 0) is 22.0 Å². The van der Waals surface area contributed by atoms with Gasteiger partial charge < -0.3 is 9.47 Å². The van der Waals surface area contributed by atoms with E-state index in [0.29, 0.717) is 17.1 Å². The van der Waals surface area contributed by atoms with E-state index in [-0.39, 0.29) is 16.2 Å². The van der Waals surface area contributed by atoms with E-state index in [9.17, 15) is 8.42 Å². The summed E-state index contributed by atoms with van der Waals surface area (Å²) in [6.07, 6.45) is 0. The number of benzene rings is 1. The van der Waals surface area contributed by atoms with Crippen LogP contribution < -0.4 is 14.2 Å². The highest BCUT2D eigenvalue weighted by atomic mass is 32.2. The zero-order chi connectivity index (χ0) is 21.2. The summed E-state index contributed by atoms with van der Waals surface area (Å²) >= 11 is 2.70. The Balaban J connectivity index is 1.79. The summed E-state index contributed by atoms with van der Waals surface area (Å²) in [6.45, 7) is 6.41. The molecule has 9 heteroatoms. The second-order valence-electron chi connectivity index (χ2n) is 7.42. The zero-order valence-electron chi connectivity index (χ0n) is 17.0. The number of aromatic nitrogens is 1. The van der Waals surface area contributed by atoms with Crippen LogP contribution in [0, 0.1) is 0 Å². The molecule has 0 amide bonds. The van der Waals surface area contributed by atoms with Crippen molar-refractivity contribution in [1.29, 1.82) is 0 Å². The molecule has 0 aliphatic carbocycles. The first-order chi connectivity index (χ1) is 13.7. The second-order valence-corrected chi connectivity index (χ2v) is 11.2. The third-order valence-electron chi connectivity index (χ3n) is 4.30. The fourth-order valence-corrected chi connectivity index (χ4v) is 5.98. The quantitative estimate of drug-likeness (QED) is 0.564. The summed E-state index contributed by atoms with van der Waals surface area (Å²) < 4.78 is 39.1. The number of ether oxygens (including phenoxy) is 2. The number of sulfonamides is 1. The lowest BCUT2D eigenvalue weighted by atomic mass is 9.93. The maximum atomic E-state index is 12.8. The van der Waals surface area contributed by atoms with E-state index >= 15 is 0 Å². The van der Waals surface area contributed by atoms with Gasteiger partial charge >= 0.3 is 0 Å². The fraction of sp³-hybridized carbons (Fsp3) is 0.350. The minimum Gasteiger partial charge on any atom is -0.493 e. The lowest BCUT2D eigenvalue weighted by Gasteiger charge is -2.14. The molecule has 0 aliphatic heterocycles. The summed E-state index contributed by atoms with van der Waals surface area (Å²) in [4.78, 5) is 4.66. The van der Waals surface area contributed by atoms with Crippen molar-refractivity contribution in [3.63, 3.8) is 0 Å². The Labute approximate surface area is 179 Å². The average molecular weight is 453 g/mol. The molecule has 156 valence electrons. The van der Waals surface area contributed by atoms with E-state index in [1.165, 1.54) is 29.8 Å². The first-order valence-electron chi connectivity index (χ1n) is 8.90. The smallest absolute Gasteiger partial charge is 0.250 e. The zero-order valence-corrected chi connectivity index (χ0v) is 19.4. The summed E-state index contributed by atoms with van der Waals surface area (Å²) in [6, 6.07) is 7.03. The molecule has 0 radical (unpaired) electrons. The van der Waals surface area contributed by atoms with Crippen molar-refractivity contribution < 1.29 is 17.9 Å². The predicted octanol–water partition coefficient (Wildman–Crippen LogP) is 4.66. The highest BCUT2D eigenvalue weighted by Crippen LogP contribution is 2.34. The van der Waals surface area contributed by atoms with Crippen LogP contribution in [0.2, 0.25) is 0 Å². The van der Waals surface area contributed by atoms with E-state index in [4.69, 9.17) is 9.47 Å². The molecule has 2 aromatic heterocycles. The van der Waals surface area contributed by atoms with Crippen molar-refractivity contribution in [3.05, 3.63) is 46.3 Å². The van der Waals surface area contributed by atoms with Crippen LogP contribution in [0.1, 0.15) is 32.0 Å². The molecule has 29 heavy (non-hydrogen) atoms. The van der Waals surface area contributed by atoms with Crippen molar-refractivity contribution in [3.8, 4) is 22.1 Å². The van der Waals surface area contributed by atoms with Crippen molar-refractivity contribution >= 4 is 32.7 Å². The largest absolute Gasteiger partial charge is 0.493 e. The topological polar surface area (TPSA) is 77.5 Å². The fourth-order valence-electron chi connectivity index (χ4n) is 2.66. The van der Waals surface area contributed by atoms with Crippen LogP contribution in [0.25, 0.3) is 10.6 Å². The summed E-state index contributed by atoms with van der Waals surface area (Å²) in [5.74, 6) is 1.07. The molecule has 0 fully saturated rings. The van der Waals surface area contributed by atoms with Crippen LogP contribution in [-0.4, -0.2) is 27.6 Å². The maximum Gasteiger partial charge on any atom is 0.250 e. The van der Waals surface area contributed by atoms with Crippen LogP contribution in [0.3, 0.4) is 0 Å². The molecule has 3 rings (SSSR count). The Morgan fingerprint density at radius 3 is 2.48 bits per heavy atom. The van der Waals surface area contributed by atoms with E-state index in [1.54, 1.807) is 31.4 Å². The van der Waals surface area contributed by atoms with Gasteiger partial charge in [0.15, 0.2) is 11.5 Å². The highest BCUT2D eigenvalue weighted by Gasteiger charge is 2.21. The second kappa shape index (κ2) is 8.43. The molecule has 0 atom stereocenters. The molecule has 0 saturated heterocycles. The number of hydrogen-bond donors (Lipinski definition) is 1. The van der Waals surface area contributed by atoms with Gasteiger partial charge in [-0.2, -0.15) is 0 Å². The van der Waals surface area contributed by atoms with Gasteiger partial charge in [0, 0.05) is 33.8 Å². The van der Waals surface area contributed by atoms with Crippen molar-refractivity contribution in [2.45, 2.75) is 36.9 Å². The normalized spacial score (nSPS) is 12.2. The Morgan fingerprint density at radius 2 is 1.86 bits per heavy atom. The van der Waals surface area contributed by atoms with Gasteiger partial charge in [-0.1, -0.05) is 32.9 Å². The molecule has 2 heterocycles. The van der Waals surface area contributed by atoms with E-state index < -0.39 is 10.0 Å². The number of methoxy groups -OCH3 is 2. The molecule has 1 aromatic carbocycles. The van der Waals surface area contributed by atoms with Crippen molar-refractivity contribution in [2.75, 3.05) is 14.2 Å². The van der Waals surface area contributed by atoms with Gasteiger partial charge in [0.2, 0.25) is 10.0 Å². The first kappa shape index (κ1) is 21.8. The number of nitrogens with zero attached hydrogens (tertiary/aromatic N) is 1. The molecular formula is C20H24N2O4S3. The number of thiazole rings is 1. The summed E-state index contributed by atoms with van der Waals surface area (Å²) in [7, 11) is -0.589.